The lowest BCUT2D eigenvalue weighted by Crippen LogP contribution is -2.40. The number of hydrogen-bond donors (Lipinski definition) is 2. The zero-order valence-electron chi connectivity index (χ0n) is 12.8. The molecule has 0 fully saturated rings. The van der Waals surface area contributed by atoms with Crippen molar-refractivity contribution in [3.05, 3.63) is 23.9 Å². The van der Waals surface area contributed by atoms with Crippen molar-refractivity contribution in [1.82, 2.24) is 15.6 Å². The largest absolute Gasteiger partial charge is 0.475 e. The highest BCUT2D eigenvalue weighted by Crippen LogP contribution is 2.09. The molecule has 0 bridgehead atoms. The van der Waals surface area contributed by atoms with Crippen molar-refractivity contribution in [2.24, 2.45) is 4.99 Å². The van der Waals surface area contributed by atoms with Gasteiger partial charge in [-0.2, -0.15) is 0 Å². The summed E-state index contributed by atoms with van der Waals surface area (Å²) in [5, 5.41) is 6.47. The van der Waals surface area contributed by atoms with Crippen LogP contribution in [0, 0.1) is 0 Å². The Morgan fingerprint density at radius 1 is 1.30 bits per heavy atom. The maximum Gasteiger partial charge on any atom is 0.213 e. The molecular weight excluding hydrogens is 367 g/mol. The van der Waals surface area contributed by atoms with E-state index in [9.17, 15) is 0 Å². The number of nitrogens with zero attached hydrogens (tertiary/aromatic N) is 2. The molecule has 0 aromatic carbocycles. The van der Waals surface area contributed by atoms with E-state index in [4.69, 9.17) is 4.74 Å². The first kappa shape index (κ1) is 18.9. The molecule has 0 saturated heterocycles. The van der Waals surface area contributed by atoms with Gasteiger partial charge in [0.05, 0.1) is 6.10 Å². The van der Waals surface area contributed by atoms with Crippen molar-refractivity contribution in [2.75, 3.05) is 7.05 Å². The average Bonchev–Trinajstić information content (AvgIpc) is 2.35. The second-order valence-corrected chi connectivity index (χ2v) is 4.90. The van der Waals surface area contributed by atoms with Crippen molar-refractivity contribution >= 4 is 29.9 Å². The van der Waals surface area contributed by atoms with Crippen LogP contribution in [0.3, 0.4) is 0 Å². The topological polar surface area (TPSA) is 58.5 Å². The van der Waals surface area contributed by atoms with E-state index in [-0.39, 0.29) is 30.1 Å². The molecule has 5 nitrogen and oxygen atoms in total. The normalized spacial score (nSPS) is 11.2. The van der Waals surface area contributed by atoms with Crippen molar-refractivity contribution in [2.45, 2.75) is 46.4 Å². The van der Waals surface area contributed by atoms with Gasteiger partial charge in [0.15, 0.2) is 5.96 Å². The zero-order chi connectivity index (χ0) is 14.3. The summed E-state index contributed by atoms with van der Waals surface area (Å²) in [6.45, 7) is 8.80. The molecule has 0 aliphatic heterocycles. The highest BCUT2D eigenvalue weighted by molar-refractivity contribution is 14.0. The molecule has 1 rings (SSSR count). The average molecular weight is 392 g/mol. The van der Waals surface area contributed by atoms with Crippen LogP contribution in [-0.4, -0.2) is 30.1 Å². The van der Waals surface area contributed by atoms with Crippen LogP contribution in [0.15, 0.2) is 23.3 Å². The van der Waals surface area contributed by atoms with Crippen molar-refractivity contribution in [3.63, 3.8) is 0 Å². The number of guanidine groups is 1. The fraction of sp³-hybridized carbons (Fsp3) is 0.571. The first-order valence-electron chi connectivity index (χ1n) is 6.60. The monoisotopic (exact) mass is 392 g/mol. The Balaban J connectivity index is 0.00000361. The van der Waals surface area contributed by atoms with Gasteiger partial charge in [-0.3, -0.25) is 4.99 Å². The molecule has 0 aliphatic carbocycles. The van der Waals surface area contributed by atoms with E-state index in [2.05, 4.69) is 34.5 Å². The van der Waals surface area contributed by atoms with Gasteiger partial charge in [0, 0.05) is 31.9 Å². The summed E-state index contributed by atoms with van der Waals surface area (Å²) in [6, 6.07) is 4.24. The third kappa shape index (κ3) is 7.52. The molecule has 0 spiro atoms. The van der Waals surface area contributed by atoms with Gasteiger partial charge in [-0.25, -0.2) is 4.98 Å². The van der Waals surface area contributed by atoms with Crippen LogP contribution >= 0.6 is 24.0 Å². The Kier molecular flexibility index (Phi) is 9.28. The van der Waals surface area contributed by atoms with Gasteiger partial charge >= 0.3 is 0 Å². The van der Waals surface area contributed by atoms with E-state index in [0.717, 1.165) is 11.5 Å². The van der Waals surface area contributed by atoms with Gasteiger partial charge in [0.25, 0.3) is 0 Å². The third-order valence-corrected chi connectivity index (χ3v) is 2.26. The van der Waals surface area contributed by atoms with Crippen LogP contribution in [0.1, 0.15) is 33.3 Å². The Morgan fingerprint density at radius 2 is 2.00 bits per heavy atom. The molecule has 2 N–H and O–H groups in total. The summed E-state index contributed by atoms with van der Waals surface area (Å²) >= 11 is 0. The van der Waals surface area contributed by atoms with Gasteiger partial charge in [-0.05, 0) is 33.3 Å². The Morgan fingerprint density at radius 3 is 2.45 bits per heavy atom. The smallest absolute Gasteiger partial charge is 0.213 e. The number of pyridine rings is 1. The van der Waals surface area contributed by atoms with Gasteiger partial charge in [0.1, 0.15) is 0 Å². The number of aliphatic imine (C=N–C) groups is 1. The number of halogens is 1. The minimum atomic E-state index is 0. The fourth-order valence-electron chi connectivity index (χ4n) is 1.48. The number of ether oxygens (including phenoxy) is 1. The molecule has 1 aromatic heterocycles. The first-order valence-corrected chi connectivity index (χ1v) is 6.60. The second-order valence-electron chi connectivity index (χ2n) is 4.90. The molecule has 1 heterocycles. The fourth-order valence-corrected chi connectivity index (χ4v) is 1.48. The van der Waals surface area contributed by atoms with Crippen molar-refractivity contribution in [3.8, 4) is 5.88 Å². The van der Waals surface area contributed by atoms with Crippen LogP contribution in [0.25, 0.3) is 0 Å². The molecule has 0 atom stereocenters. The SMILES string of the molecule is CN=C(NCc1ccc(OC(C)C)nc1)NC(C)C.I. The van der Waals surface area contributed by atoms with Crippen molar-refractivity contribution in [1.29, 1.82) is 0 Å². The highest BCUT2D eigenvalue weighted by atomic mass is 127. The van der Waals surface area contributed by atoms with E-state index in [0.29, 0.717) is 18.5 Å². The third-order valence-electron chi connectivity index (χ3n) is 2.26. The first-order chi connectivity index (χ1) is 9.01. The number of hydrogen-bond acceptors (Lipinski definition) is 3. The van der Waals surface area contributed by atoms with Crippen LogP contribution in [0.4, 0.5) is 0 Å². The summed E-state index contributed by atoms with van der Waals surface area (Å²) in [5.74, 6) is 1.45. The Bertz CT molecular complexity index is 404. The molecule has 1 aromatic rings. The van der Waals surface area contributed by atoms with Gasteiger partial charge in [0.2, 0.25) is 5.88 Å². The lowest BCUT2D eigenvalue weighted by Gasteiger charge is -2.14. The molecule has 20 heavy (non-hydrogen) atoms. The molecule has 0 radical (unpaired) electrons. The Labute approximate surface area is 138 Å². The Hall–Kier alpha value is -1.05. The standard InChI is InChI=1S/C14H24N4O.HI/c1-10(2)18-14(15-5)17-9-12-6-7-13(16-8-12)19-11(3)4;/h6-8,10-11H,9H2,1-5H3,(H2,15,17,18);1H. The highest BCUT2D eigenvalue weighted by Gasteiger charge is 2.02. The number of aromatic nitrogens is 1. The molecule has 0 amide bonds. The summed E-state index contributed by atoms with van der Waals surface area (Å²) < 4.78 is 5.50. The van der Waals surface area contributed by atoms with E-state index >= 15 is 0 Å². The van der Waals surface area contributed by atoms with E-state index in [1.54, 1.807) is 7.05 Å². The van der Waals surface area contributed by atoms with E-state index < -0.39 is 0 Å². The maximum absolute atomic E-state index is 5.50. The van der Waals surface area contributed by atoms with Crippen LogP contribution in [0.5, 0.6) is 5.88 Å². The molecule has 0 aliphatic rings. The summed E-state index contributed by atoms with van der Waals surface area (Å²) in [6.07, 6.45) is 1.96. The second kappa shape index (κ2) is 9.79. The number of rotatable bonds is 5. The molecule has 0 saturated carbocycles. The molecule has 6 heteroatoms. The van der Waals surface area contributed by atoms with Crippen LogP contribution in [0.2, 0.25) is 0 Å². The predicted molar refractivity (Wildman–Crippen MR) is 93.9 cm³/mol. The lowest BCUT2D eigenvalue weighted by atomic mass is 10.3. The van der Waals surface area contributed by atoms with Crippen molar-refractivity contribution < 1.29 is 4.74 Å². The summed E-state index contributed by atoms with van der Waals surface area (Å²) in [4.78, 5) is 8.41. The minimum Gasteiger partial charge on any atom is -0.475 e. The zero-order valence-corrected chi connectivity index (χ0v) is 15.1. The maximum atomic E-state index is 5.50. The van der Waals surface area contributed by atoms with Crippen LogP contribution in [-0.2, 0) is 6.54 Å². The van der Waals surface area contributed by atoms with Gasteiger partial charge in [-0.1, -0.05) is 6.07 Å². The van der Waals surface area contributed by atoms with Crippen LogP contribution < -0.4 is 15.4 Å². The number of nitrogens with one attached hydrogen (secondary N) is 2. The summed E-state index contributed by atoms with van der Waals surface area (Å²) in [7, 11) is 1.76. The van der Waals surface area contributed by atoms with Gasteiger partial charge < -0.3 is 15.4 Å². The molecule has 114 valence electrons. The minimum absolute atomic E-state index is 0. The molecule has 0 unspecified atom stereocenters. The van der Waals surface area contributed by atoms with Gasteiger partial charge in [-0.15, -0.1) is 24.0 Å². The predicted octanol–water partition coefficient (Wildman–Crippen LogP) is 2.56. The lowest BCUT2D eigenvalue weighted by molar-refractivity contribution is 0.232. The quantitative estimate of drug-likeness (QED) is 0.460. The summed E-state index contributed by atoms with van der Waals surface area (Å²) in [5.41, 5.74) is 1.09. The molecular formula is C14H25IN4O. The van der Waals surface area contributed by atoms with E-state index in [1.807, 2.05) is 32.2 Å². The van der Waals surface area contributed by atoms with E-state index in [1.165, 1.54) is 0 Å².